The summed E-state index contributed by atoms with van der Waals surface area (Å²) in [5, 5.41) is 14.4. The number of aliphatic carboxylic acids is 1. The molecule has 2 amide bonds. The van der Waals surface area contributed by atoms with Crippen molar-refractivity contribution >= 4 is 12.0 Å². The number of rotatable bonds is 8. The third-order valence-electron chi connectivity index (χ3n) is 4.46. The molecule has 0 heterocycles. The van der Waals surface area contributed by atoms with E-state index in [1.165, 1.54) is 25.7 Å². The van der Waals surface area contributed by atoms with Gasteiger partial charge in [0.15, 0.2) is 0 Å². The Labute approximate surface area is 127 Å². The van der Waals surface area contributed by atoms with Crippen molar-refractivity contribution in [2.45, 2.75) is 58.0 Å². The number of hydrogen-bond donors (Lipinski definition) is 3. The highest BCUT2D eigenvalue weighted by Crippen LogP contribution is 2.21. The van der Waals surface area contributed by atoms with E-state index in [-0.39, 0.29) is 5.92 Å². The Morgan fingerprint density at radius 3 is 2.48 bits per heavy atom. The lowest BCUT2D eigenvalue weighted by atomic mass is 9.99. The van der Waals surface area contributed by atoms with Crippen molar-refractivity contribution in [3.63, 3.8) is 0 Å². The molecular weight excluding hydrogens is 270 g/mol. The molecule has 0 aromatic heterocycles. The van der Waals surface area contributed by atoms with Crippen molar-refractivity contribution < 1.29 is 14.7 Å². The van der Waals surface area contributed by atoms with Crippen LogP contribution in [0.5, 0.6) is 0 Å². The van der Waals surface area contributed by atoms with E-state index in [1.807, 2.05) is 13.8 Å². The monoisotopic (exact) mass is 299 g/mol. The van der Waals surface area contributed by atoms with Crippen LogP contribution in [0, 0.1) is 5.92 Å². The molecule has 6 nitrogen and oxygen atoms in total. The molecule has 2 atom stereocenters. The number of hydrogen-bond acceptors (Lipinski definition) is 3. The molecule has 0 aromatic rings. The quantitative estimate of drug-likeness (QED) is 0.636. The predicted molar refractivity (Wildman–Crippen MR) is 82.3 cm³/mol. The Kier molecular flexibility index (Phi) is 7.50. The van der Waals surface area contributed by atoms with Gasteiger partial charge < -0.3 is 20.6 Å². The lowest BCUT2D eigenvalue weighted by Gasteiger charge is -2.24. The third kappa shape index (κ3) is 5.91. The molecule has 0 aromatic carbocycles. The van der Waals surface area contributed by atoms with Gasteiger partial charge >= 0.3 is 12.0 Å². The van der Waals surface area contributed by atoms with Crippen LogP contribution >= 0.6 is 0 Å². The summed E-state index contributed by atoms with van der Waals surface area (Å²) in [6, 6.07) is -0.605. The Morgan fingerprint density at radius 1 is 1.33 bits per heavy atom. The van der Waals surface area contributed by atoms with Gasteiger partial charge in [-0.2, -0.15) is 0 Å². The van der Waals surface area contributed by atoms with Gasteiger partial charge in [-0.05, 0) is 25.8 Å². The summed E-state index contributed by atoms with van der Waals surface area (Å²) in [5.41, 5.74) is 0. The van der Waals surface area contributed by atoms with Crippen molar-refractivity contribution in [3.8, 4) is 0 Å². The minimum absolute atomic E-state index is 0.0885. The first-order valence-electron chi connectivity index (χ1n) is 7.93. The van der Waals surface area contributed by atoms with Gasteiger partial charge in [-0.15, -0.1) is 0 Å². The van der Waals surface area contributed by atoms with Crippen molar-refractivity contribution in [2.24, 2.45) is 5.92 Å². The molecule has 0 spiro atoms. The molecule has 0 radical (unpaired) electrons. The molecule has 122 valence electrons. The van der Waals surface area contributed by atoms with Crippen LogP contribution in [0.15, 0.2) is 0 Å². The Bertz CT molecular complexity index is 343. The van der Waals surface area contributed by atoms with Crippen LogP contribution in [0.3, 0.4) is 0 Å². The van der Waals surface area contributed by atoms with Gasteiger partial charge in [0.2, 0.25) is 0 Å². The first kappa shape index (κ1) is 17.8. The van der Waals surface area contributed by atoms with Gasteiger partial charge in [-0.3, -0.25) is 0 Å². The summed E-state index contributed by atoms with van der Waals surface area (Å²) in [6.07, 6.45) is 5.76. The summed E-state index contributed by atoms with van der Waals surface area (Å²) in [7, 11) is 2.08. The van der Waals surface area contributed by atoms with E-state index in [2.05, 4.69) is 22.6 Å². The number of carboxylic acid groups (broad SMARTS) is 1. The van der Waals surface area contributed by atoms with E-state index >= 15 is 0 Å². The van der Waals surface area contributed by atoms with Crippen LogP contribution < -0.4 is 10.6 Å². The fourth-order valence-electron chi connectivity index (χ4n) is 2.75. The average Bonchev–Trinajstić information content (AvgIpc) is 2.97. The number of nitrogens with one attached hydrogen (secondary N) is 2. The number of carbonyl (C=O) groups is 2. The van der Waals surface area contributed by atoms with Crippen LogP contribution in [0.4, 0.5) is 4.79 Å². The minimum Gasteiger partial charge on any atom is -0.480 e. The van der Waals surface area contributed by atoms with Gasteiger partial charge in [-0.1, -0.05) is 33.1 Å². The molecular formula is C15H29N3O3. The SMILES string of the molecule is CCC(C)C(NC(=O)NCCN(C)C1CCCC1)C(=O)O. The number of nitrogens with zero attached hydrogens (tertiary/aromatic N) is 1. The van der Waals surface area contributed by atoms with Crippen molar-refractivity contribution in [1.82, 2.24) is 15.5 Å². The largest absolute Gasteiger partial charge is 0.480 e. The standard InChI is InChI=1S/C15H29N3O3/c1-4-11(2)13(14(19)20)17-15(21)16-9-10-18(3)12-7-5-6-8-12/h11-13H,4-10H2,1-3H3,(H,19,20)(H2,16,17,21). The van der Waals surface area contributed by atoms with E-state index in [4.69, 9.17) is 5.11 Å². The lowest BCUT2D eigenvalue weighted by molar-refractivity contribution is -0.140. The maximum Gasteiger partial charge on any atom is 0.326 e. The second kappa shape index (κ2) is 8.87. The Hall–Kier alpha value is -1.30. The zero-order chi connectivity index (χ0) is 15.8. The molecule has 0 saturated heterocycles. The molecule has 2 unspecified atom stereocenters. The number of carbonyl (C=O) groups excluding carboxylic acids is 1. The van der Waals surface area contributed by atoms with E-state index in [0.717, 1.165) is 6.54 Å². The van der Waals surface area contributed by atoms with Crippen LogP contribution in [0.2, 0.25) is 0 Å². The molecule has 0 bridgehead atoms. The fraction of sp³-hybridized carbons (Fsp3) is 0.867. The Balaban J connectivity index is 2.27. The zero-order valence-corrected chi connectivity index (χ0v) is 13.4. The fourth-order valence-corrected chi connectivity index (χ4v) is 2.75. The van der Waals surface area contributed by atoms with Gasteiger partial charge in [-0.25, -0.2) is 9.59 Å². The molecule has 6 heteroatoms. The van der Waals surface area contributed by atoms with Crippen LogP contribution in [-0.4, -0.2) is 54.2 Å². The maximum absolute atomic E-state index is 11.8. The molecule has 3 N–H and O–H groups in total. The second-order valence-electron chi connectivity index (χ2n) is 6.02. The summed E-state index contributed by atoms with van der Waals surface area (Å²) in [6.45, 7) is 5.06. The number of urea groups is 1. The number of amides is 2. The maximum atomic E-state index is 11.8. The van der Waals surface area contributed by atoms with Gasteiger partial charge in [0.05, 0.1) is 0 Å². The zero-order valence-electron chi connectivity index (χ0n) is 13.4. The highest BCUT2D eigenvalue weighted by atomic mass is 16.4. The normalized spacial score (nSPS) is 18.5. The minimum atomic E-state index is -0.984. The number of carboxylic acids is 1. The molecule has 1 rings (SSSR count). The van der Waals surface area contributed by atoms with Gasteiger partial charge in [0.1, 0.15) is 6.04 Å². The molecule has 0 aliphatic heterocycles. The summed E-state index contributed by atoms with van der Waals surface area (Å²) < 4.78 is 0. The van der Waals surface area contributed by atoms with E-state index < -0.39 is 18.0 Å². The number of likely N-dealkylation sites (N-methyl/N-ethyl adjacent to an activating group) is 1. The van der Waals surface area contributed by atoms with Crippen molar-refractivity contribution in [2.75, 3.05) is 20.1 Å². The molecule has 1 fully saturated rings. The summed E-state index contributed by atoms with van der Waals surface area (Å²) in [4.78, 5) is 25.2. The predicted octanol–water partition coefficient (Wildman–Crippen LogP) is 1.66. The smallest absolute Gasteiger partial charge is 0.326 e. The average molecular weight is 299 g/mol. The van der Waals surface area contributed by atoms with Crippen molar-refractivity contribution in [3.05, 3.63) is 0 Å². The first-order valence-corrected chi connectivity index (χ1v) is 7.93. The highest BCUT2D eigenvalue weighted by Gasteiger charge is 2.25. The molecule has 21 heavy (non-hydrogen) atoms. The highest BCUT2D eigenvalue weighted by molar-refractivity contribution is 5.82. The molecule has 1 aliphatic rings. The van der Waals surface area contributed by atoms with Crippen LogP contribution in [0.1, 0.15) is 46.0 Å². The van der Waals surface area contributed by atoms with E-state index in [0.29, 0.717) is 19.0 Å². The van der Waals surface area contributed by atoms with E-state index in [9.17, 15) is 9.59 Å². The summed E-state index contributed by atoms with van der Waals surface area (Å²) >= 11 is 0. The first-order chi connectivity index (χ1) is 9.95. The third-order valence-corrected chi connectivity index (χ3v) is 4.46. The molecule has 1 aliphatic carbocycles. The second-order valence-corrected chi connectivity index (χ2v) is 6.02. The van der Waals surface area contributed by atoms with Gasteiger partial charge in [0, 0.05) is 19.1 Å². The van der Waals surface area contributed by atoms with Gasteiger partial charge in [0.25, 0.3) is 0 Å². The van der Waals surface area contributed by atoms with Crippen LogP contribution in [0.25, 0.3) is 0 Å². The summed E-state index contributed by atoms with van der Waals surface area (Å²) in [5.74, 6) is -1.07. The molecule has 1 saturated carbocycles. The van der Waals surface area contributed by atoms with Crippen molar-refractivity contribution in [1.29, 1.82) is 0 Å². The Morgan fingerprint density at radius 2 is 1.95 bits per heavy atom. The lowest BCUT2D eigenvalue weighted by Crippen LogP contribution is -2.50. The van der Waals surface area contributed by atoms with E-state index in [1.54, 1.807) is 0 Å². The topological polar surface area (TPSA) is 81.7 Å². The van der Waals surface area contributed by atoms with Crippen LogP contribution in [-0.2, 0) is 4.79 Å².